The van der Waals surface area contributed by atoms with Crippen molar-refractivity contribution in [1.82, 2.24) is 19.5 Å². The van der Waals surface area contributed by atoms with Gasteiger partial charge >= 0.3 is 0 Å². The van der Waals surface area contributed by atoms with Crippen LogP contribution in [0, 0.1) is 12.8 Å². The predicted octanol–water partition coefficient (Wildman–Crippen LogP) is 5.78. The lowest BCUT2D eigenvalue weighted by molar-refractivity contribution is -0.198. The van der Waals surface area contributed by atoms with Crippen molar-refractivity contribution in [2.75, 3.05) is 6.61 Å². The monoisotopic (exact) mass is 568 g/mol. The Bertz CT molecular complexity index is 1260. The van der Waals surface area contributed by atoms with E-state index >= 15 is 0 Å². The van der Waals surface area contributed by atoms with Crippen LogP contribution in [0.15, 0.2) is 24.8 Å². The predicted molar refractivity (Wildman–Crippen MR) is 148 cm³/mol. The maximum Gasteiger partial charge on any atom is 0.175 e. The van der Waals surface area contributed by atoms with Gasteiger partial charge in [-0.15, -0.1) is 0 Å². The van der Waals surface area contributed by atoms with Crippen molar-refractivity contribution < 1.29 is 18.7 Å². The number of aryl methyl sites for hydroxylation is 1. The summed E-state index contributed by atoms with van der Waals surface area (Å²) in [5, 5.41) is 0.499. The Morgan fingerprint density at radius 3 is 2.83 bits per heavy atom. The first-order chi connectivity index (χ1) is 17.0. The fraction of sp³-hybridized carbons (Fsp3) is 0.708. The molecule has 2 unspecified atom stereocenters. The molecular weight excluding hydrogens is 535 g/mol. The number of fused-ring (bicyclic) bond motifs is 3. The molecule has 0 spiro atoms. The smallest absolute Gasteiger partial charge is 0.175 e. The Hall–Kier alpha value is -0.520. The highest BCUT2D eigenvalue weighted by Crippen LogP contribution is 2.84. The Balaban J connectivity index is 1.21. The van der Waals surface area contributed by atoms with Gasteiger partial charge in [-0.25, -0.2) is 15.0 Å². The molecule has 0 amide bonds. The van der Waals surface area contributed by atoms with Gasteiger partial charge in [-0.05, 0) is 71.6 Å². The van der Waals surface area contributed by atoms with Crippen LogP contribution in [0.2, 0.25) is 0 Å². The van der Waals surface area contributed by atoms with E-state index in [1.807, 2.05) is 48.1 Å². The lowest BCUT2D eigenvalue weighted by atomic mass is 9.79. The van der Waals surface area contributed by atoms with Crippen LogP contribution in [0.25, 0.3) is 11.2 Å². The van der Waals surface area contributed by atoms with Crippen LogP contribution in [0.1, 0.15) is 58.9 Å². The van der Waals surface area contributed by atoms with Crippen LogP contribution in [0.3, 0.4) is 0 Å². The summed E-state index contributed by atoms with van der Waals surface area (Å²) in [5.74, 6) is -0.129. The van der Waals surface area contributed by atoms with Crippen LogP contribution in [0.4, 0.5) is 0 Å². The van der Waals surface area contributed by atoms with Crippen molar-refractivity contribution in [3.63, 3.8) is 0 Å². The summed E-state index contributed by atoms with van der Waals surface area (Å²) in [6, 6.07) is 0. The fourth-order valence-electron chi connectivity index (χ4n) is 5.78. The van der Waals surface area contributed by atoms with Crippen molar-refractivity contribution in [2.24, 2.45) is 5.92 Å². The maximum atomic E-state index is 6.59. The van der Waals surface area contributed by atoms with E-state index in [0.717, 1.165) is 29.7 Å². The molecule has 0 radical (unpaired) electrons. The third-order valence-electron chi connectivity index (χ3n) is 7.78. The van der Waals surface area contributed by atoms with Crippen LogP contribution in [0.5, 0.6) is 0 Å². The summed E-state index contributed by atoms with van der Waals surface area (Å²) in [6.45, 7) is 14.9. The summed E-state index contributed by atoms with van der Waals surface area (Å²) >= 11 is 9.97. The van der Waals surface area contributed by atoms with Crippen LogP contribution in [-0.4, -0.2) is 60.2 Å². The molecule has 0 aromatic carbocycles. The molecule has 2 aromatic rings. The number of allylic oxidation sites excluding steroid dienone is 1. The molecule has 4 fully saturated rings. The molecular formula is C24H33N4O4PS3. The van der Waals surface area contributed by atoms with Gasteiger partial charge in [0.1, 0.15) is 30.2 Å². The quantitative estimate of drug-likeness (QED) is 0.327. The van der Waals surface area contributed by atoms with E-state index in [-0.39, 0.29) is 23.1 Å². The molecule has 12 heteroatoms. The van der Waals surface area contributed by atoms with E-state index in [2.05, 4.69) is 35.4 Å². The third-order valence-corrected chi connectivity index (χ3v) is 18.0. The van der Waals surface area contributed by atoms with E-state index in [1.165, 1.54) is 12.0 Å². The average Bonchev–Trinajstić information content (AvgIpc) is 3.51. The number of aromatic nitrogens is 4. The topological polar surface area (TPSA) is 80.5 Å². The molecule has 0 N–H and O–H groups in total. The first-order valence-corrected chi connectivity index (χ1v) is 18.0. The molecule has 1 aliphatic carbocycles. The van der Waals surface area contributed by atoms with E-state index in [4.69, 9.17) is 30.5 Å². The fourth-order valence-corrected chi connectivity index (χ4v) is 19.3. The van der Waals surface area contributed by atoms with Gasteiger partial charge in [0, 0.05) is 10.00 Å². The Kier molecular flexibility index (Phi) is 6.45. The first-order valence-electron chi connectivity index (χ1n) is 12.4. The summed E-state index contributed by atoms with van der Waals surface area (Å²) < 4.78 is 25.7. The minimum Gasteiger partial charge on any atom is -0.347 e. The Labute approximate surface area is 225 Å². The molecule has 36 heavy (non-hydrogen) atoms. The second-order valence-electron chi connectivity index (χ2n) is 11.0. The lowest BCUT2D eigenvalue weighted by Gasteiger charge is -2.38. The lowest BCUT2D eigenvalue weighted by Crippen LogP contribution is -2.36. The van der Waals surface area contributed by atoms with Crippen LogP contribution in [-0.2, 0) is 30.5 Å². The van der Waals surface area contributed by atoms with Gasteiger partial charge < -0.3 is 18.7 Å². The van der Waals surface area contributed by atoms with Gasteiger partial charge in [-0.2, -0.15) is 0 Å². The molecule has 196 valence electrons. The summed E-state index contributed by atoms with van der Waals surface area (Å²) in [5.41, 5.74) is 3.59. The number of imidazole rings is 1. The van der Waals surface area contributed by atoms with Crippen LogP contribution < -0.4 is 0 Å². The highest BCUT2D eigenvalue weighted by Gasteiger charge is 2.57. The molecule has 3 saturated heterocycles. The van der Waals surface area contributed by atoms with Crippen LogP contribution >= 0.6 is 27.4 Å². The van der Waals surface area contributed by atoms with Crippen molar-refractivity contribution in [2.45, 2.75) is 94.2 Å². The molecule has 8 nitrogen and oxygen atoms in total. The Morgan fingerprint density at radius 1 is 1.28 bits per heavy atom. The van der Waals surface area contributed by atoms with Crippen molar-refractivity contribution in [1.29, 1.82) is 0 Å². The zero-order valence-electron chi connectivity index (χ0n) is 21.2. The zero-order chi connectivity index (χ0) is 25.5. The van der Waals surface area contributed by atoms with Crippen molar-refractivity contribution in [3.05, 3.63) is 30.5 Å². The summed E-state index contributed by atoms with van der Waals surface area (Å²) in [4.78, 5) is 13.3. The van der Waals surface area contributed by atoms with Gasteiger partial charge in [0.2, 0.25) is 0 Å². The van der Waals surface area contributed by atoms with Crippen molar-refractivity contribution >= 4 is 50.4 Å². The standard InChI is InChI=1S/C24H33N4O4PS3/c1-13(2)15-7-8-24(6)17(9-15)35-33(34,36-24)29-10-16-19-20(32-23(4,5)31-19)22(30-16)28-12-27-18-14(3)25-11-26-21(18)28/h11-12,15-17,19-20,22H,1,7-10H2,2-6H3/t15-,16+,17?,19+,20+,22+,24+,33?/m0/s1. The molecule has 8 atom stereocenters. The SMILES string of the molecule is C=C(C)[C@H]1CC[C@@]2(C)SP(=S)(OC[C@H]3O[C@@H](n4cnc5c(C)ncnc54)[C@@H]4OC(C)(C)O[C@@H]43)SC2C1. The van der Waals surface area contributed by atoms with E-state index in [9.17, 15) is 0 Å². The van der Waals surface area contributed by atoms with Gasteiger partial charge in [-0.1, -0.05) is 34.9 Å². The molecule has 1 saturated carbocycles. The van der Waals surface area contributed by atoms with E-state index < -0.39 is 16.7 Å². The minimum absolute atomic E-state index is 0.163. The molecule has 2 aromatic heterocycles. The van der Waals surface area contributed by atoms with Crippen molar-refractivity contribution in [3.8, 4) is 0 Å². The van der Waals surface area contributed by atoms with E-state index in [0.29, 0.717) is 17.8 Å². The van der Waals surface area contributed by atoms with Gasteiger partial charge in [0.15, 0.2) is 22.3 Å². The minimum atomic E-state index is -2.12. The molecule has 3 aliphatic heterocycles. The van der Waals surface area contributed by atoms with E-state index in [1.54, 1.807) is 12.7 Å². The molecule has 5 heterocycles. The highest BCUT2D eigenvalue weighted by molar-refractivity contribution is 9.00. The molecule has 6 rings (SSSR count). The largest absolute Gasteiger partial charge is 0.347 e. The van der Waals surface area contributed by atoms with Gasteiger partial charge in [0.25, 0.3) is 0 Å². The number of hydrogen-bond acceptors (Lipinski definition) is 10. The summed E-state index contributed by atoms with van der Waals surface area (Å²) in [6.07, 6.45) is 5.48. The third kappa shape index (κ3) is 4.41. The maximum absolute atomic E-state index is 6.59. The molecule has 0 bridgehead atoms. The number of ether oxygens (including phenoxy) is 3. The average molecular weight is 569 g/mol. The second-order valence-corrected chi connectivity index (χ2v) is 21.9. The first kappa shape index (κ1) is 25.7. The Morgan fingerprint density at radius 2 is 2.06 bits per heavy atom. The van der Waals surface area contributed by atoms with Gasteiger partial charge in [0.05, 0.1) is 18.6 Å². The summed E-state index contributed by atoms with van der Waals surface area (Å²) in [7, 11) is 0. The number of nitrogens with zero attached hydrogens (tertiary/aromatic N) is 4. The molecule has 4 aliphatic rings. The normalized spacial score (nSPS) is 41.5. The number of rotatable bonds is 5. The second kappa shape index (κ2) is 9.01. The number of hydrogen-bond donors (Lipinski definition) is 0. The highest BCUT2D eigenvalue weighted by atomic mass is 33.2. The zero-order valence-corrected chi connectivity index (χ0v) is 24.6. The van der Waals surface area contributed by atoms with Gasteiger partial charge in [-0.3, -0.25) is 4.57 Å².